The predicted octanol–water partition coefficient (Wildman–Crippen LogP) is 3.40. The van der Waals surface area contributed by atoms with Crippen molar-refractivity contribution < 1.29 is 9.90 Å². The fraction of sp³-hybridized carbons (Fsp3) is 0.273. The molecule has 2 unspecified atom stereocenters. The quantitative estimate of drug-likeness (QED) is 0.737. The number of carbonyl (C=O) groups is 1. The van der Waals surface area contributed by atoms with Gasteiger partial charge in [0.25, 0.3) is 0 Å². The summed E-state index contributed by atoms with van der Waals surface area (Å²) >= 11 is 0. The number of phenolic OH excluding ortho intramolecular Hbond substituents is 1. The highest BCUT2D eigenvalue weighted by Crippen LogP contribution is 2.43. The number of aromatic hydroxyl groups is 1. The summed E-state index contributed by atoms with van der Waals surface area (Å²) in [7, 11) is 0. The van der Waals surface area contributed by atoms with Crippen LogP contribution in [0.4, 0.5) is 5.69 Å². The number of fused-ring (bicyclic) bond motifs is 2. The lowest BCUT2D eigenvalue weighted by Gasteiger charge is -2.26. The molecule has 0 saturated heterocycles. The minimum absolute atomic E-state index is 0.0332. The van der Waals surface area contributed by atoms with E-state index in [1.54, 1.807) is 18.5 Å². The van der Waals surface area contributed by atoms with Crippen molar-refractivity contribution in [1.82, 2.24) is 9.97 Å². The van der Waals surface area contributed by atoms with Gasteiger partial charge in [-0.05, 0) is 42.2 Å². The number of benzene rings is 2. The van der Waals surface area contributed by atoms with Crippen molar-refractivity contribution in [2.24, 2.45) is 5.92 Å². The molecule has 2 atom stereocenters. The van der Waals surface area contributed by atoms with Crippen LogP contribution in [0.2, 0.25) is 0 Å². The number of rotatable bonds is 2. The molecule has 0 bridgehead atoms. The van der Waals surface area contributed by atoms with Gasteiger partial charge in [0.2, 0.25) is 5.91 Å². The first-order valence-electron chi connectivity index (χ1n) is 9.41. The van der Waals surface area contributed by atoms with Gasteiger partial charge in [0.1, 0.15) is 5.75 Å². The number of aromatic nitrogens is 2. The Morgan fingerprint density at radius 3 is 2.89 bits per heavy atom. The van der Waals surface area contributed by atoms with Crippen LogP contribution in [0.1, 0.15) is 34.9 Å². The Morgan fingerprint density at radius 1 is 1.19 bits per heavy atom. The number of amides is 1. The molecule has 5 heteroatoms. The molecule has 0 spiro atoms. The van der Waals surface area contributed by atoms with Crippen LogP contribution >= 0.6 is 0 Å². The van der Waals surface area contributed by atoms with E-state index >= 15 is 0 Å². The van der Waals surface area contributed by atoms with Crippen LogP contribution in [0.15, 0.2) is 54.9 Å². The summed E-state index contributed by atoms with van der Waals surface area (Å²) < 4.78 is 0. The van der Waals surface area contributed by atoms with E-state index in [1.165, 1.54) is 5.56 Å². The third-order valence-corrected chi connectivity index (χ3v) is 5.85. The maximum atomic E-state index is 13.4. The molecule has 0 saturated carbocycles. The van der Waals surface area contributed by atoms with E-state index in [-0.39, 0.29) is 23.5 Å². The SMILES string of the molecule is O=C(C1CCc2nc[nH]c2C1)N1CC(c2ccccc2)c2cc(O)ccc21. The number of nitrogens with one attached hydrogen (secondary N) is 1. The normalized spacial score (nSPS) is 21.0. The molecule has 136 valence electrons. The molecule has 0 fully saturated rings. The molecule has 5 rings (SSSR count). The average Bonchev–Trinajstić information content (AvgIpc) is 3.31. The molecule has 1 amide bonds. The second-order valence-corrected chi connectivity index (χ2v) is 7.42. The lowest BCUT2D eigenvalue weighted by atomic mass is 9.88. The molecule has 27 heavy (non-hydrogen) atoms. The number of H-pyrrole nitrogens is 1. The number of anilines is 1. The van der Waals surface area contributed by atoms with Gasteiger partial charge in [0, 0.05) is 36.2 Å². The van der Waals surface area contributed by atoms with Crippen molar-refractivity contribution in [1.29, 1.82) is 0 Å². The number of carbonyl (C=O) groups excluding carboxylic acids is 1. The summed E-state index contributed by atoms with van der Waals surface area (Å²) in [4.78, 5) is 22.8. The Kier molecular flexibility index (Phi) is 3.74. The highest BCUT2D eigenvalue weighted by molar-refractivity contribution is 5.98. The maximum absolute atomic E-state index is 13.4. The molecule has 1 aliphatic carbocycles. The molecule has 3 aromatic rings. The van der Waals surface area contributed by atoms with E-state index < -0.39 is 0 Å². The van der Waals surface area contributed by atoms with Crippen molar-refractivity contribution in [2.75, 3.05) is 11.4 Å². The van der Waals surface area contributed by atoms with Crippen LogP contribution in [0.25, 0.3) is 0 Å². The first-order chi connectivity index (χ1) is 13.2. The fourth-order valence-electron chi connectivity index (χ4n) is 4.46. The van der Waals surface area contributed by atoms with Gasteiger partial charge in [-0.15, -0.1) is 0 Å². The lowest BCUT2D eigenvalue weighted by Crippen LogP contribution is -2.38. The monoisotopic (exact) mass is 359 g/mol. The number of nitrogens with zero attached hydrogens (tertiary/aromatic N) is 2. The topological polar surface area (TPSA) is 69.2 Å². The molecular formula is C22H21N3O2. The molecule has 2 N–H and O–H groups in total. The number of aryl methyl sites for hydroxylation is 1. The number of imidazole rings is 1. The number of hydrogen-bond donors (Lipinski definition) is 2. The van der Waals surface area contributed by atoms with E-state index in [4.69, 9.17) is 0 Å². The van der Waals surface area contributed by atoms with Crippen LogP contribution in [0.5, 0.6) is 5.75 Å². The van der Waals surface area contributed by atoms with Crippen LogP contribution in [-0.2, 0) is 17.6 Å². The van der Waals surface area contributed by atoms with Crippen LogP contribution in [0.3, 0.4) is 0 Å². The largest absolute Gasteiger partial charge is 0.508 e. The summed E-state index contributed by atoms with van der Waals surface area (Å²) in [6.07, 6.45) is 4.11. The highest BCUT2D eigenvalue weighted by Gasteiger charge is 2.37. The Morgan fingerprint density at radius 2 is 2.04 bits per heavy atom. The van der Waals surface area contributed by atoms with Gasteiger partial charge in [-0.2, -0.15) is 0 Å². The van der Waals surface area contributed by atoms with Crippen molar-refractivity contribution in [3.8, 4) is 5.75 Å². The maximum Gasteiger partial charge on any atom is 0.230 e. The molecule has 1 aliphatic heterocycles. The molecule has 0 radical (unpaired) electrons. The lowest BCUT2D eigenvalue weighted by molar-refractivity contribution is -0.122. The van der Waals surface area contributed by atoms with Crippen LogP contribution in [-0.4, -0.2) is 27.5 Å². The average molecular weight is 359 g/mol. The minimum Gasteiger partial charge on any atom is -0.508 e. The van der Waals surface area contributed by atoms with Crippen molar-refractivity contribution in [2.45, 2.75) is 25.2 Å². The van der Waals surface area contributed by atoms with E-state index in [0.29, 0.717) is 13.0 Å². The summed E-state index contributed by atoms with van der Waals surface area (Å²) in [6, 6.07) is 15.5. The Balaban J connectivity index is 1.48. The van der Waals surface area contributed by atoms with Gasteiger partial charge in [0.05, 0.1) is 12.0 Å². The smallest absolute Gasteiger partial charge is 0.230 e. The zero-order valence-corrected chi connectivity index (χ0v) is 14.9. The van der Waals surface area contributed by atoms with E-state index in [0.717, 1.165) is 35.5 Å². The molecular weight excluding hydrogens is 338 g/mol. The Labute approximate surface area is 157 Å². The van der Waals surface area contributed by atoms with Gasteiger partial charge in [-0.25, -0.2) is 4.98 Å². The standard InChI is InChI=1S/C22H21N3O2/c26-16-7-9-21-17(11-16)18(14-4-2-1-3-5-14)12-25(21)22(27)15-6-8-19-20(10-15)24-13-23-19/h1-5,7,9,11,13,15,18,26H,6,8,10,12H2,(H,23,24). The summed E-state index contributed by atoms with van der Waals surface area (Å²) in [5.41, 5.74) is 5.28. The predicted molar refractivity (Wildman–Crippen MR) is 103 cm³/mol. The van der Waals surface area contributed by atoms with Crippen LogP contribution < -0.4 is 4.90 Å². The van der Waals surface area contributed by atoms with Crippen molar-refractivity contribution in [3.05, 3.63) is 77.4 Å². The first kappa shape index (κ1) is 16.1. The fourth-order valence-corrected chi connectivity index (χ4v) is 4.46. The summed E-state index contributed by atoms with van der Waals surface area (Å²) in [5, 5.41) is 10.0. The second kappa shape index (κ2) is 6.27. The molecule has 5 nitrogen and oxygen atoms in total. The molecule has 2 aromatic carbocycles. The van der Waals surface area contributed by atoms with Gasteiger partial charge >= 0.3 is 0 Å². The van der Waals surface area contributed by atoms with E-state index in [1.807, 2.05) is 29.2 Å². The Bertz CT molecular complexity index is 996. The Hall–Kier alpha value is -3.08. The van der Waals surface area contributed by atoms with E-state index in [2.05, 4.69) is 22.1 Å². The zero-order chi connectivity index (χ0) is 18.4. The second-order valence-electron chi connectivity index (χ2n) is 7.42. The summed E-state index contributed by atoms with van der Waals surface area (Å²) in [6.45, 7) is 0.619. The first-order valence-corrected chi connectivity index (χ1v) is 9.41. The van der Waals surface area contributed by atoms with Gasteiger partial charge < -0.3 is 15.0 Å². The zero-order valence-electron chi connectivity index (χ0n) is 14.9. The molecule has 2 aliphatic rings. The number of hydrogen-bond acceptors (Lipinski definition) is 3. The number of phenols is 1. The highest BCUT2D eigenvalue weighted by atomic mass is 16.3. The van der Waals surface area contributed by atoms with Gasteiger partial charge in [-0.1, -0.05) is 30.3 Å². The van der Waals surface area contributed by atoms with Gasteiger partial charge in [-0.3, -0.25) is 4.79 Å². The van der Waals surface area contributed by atoms with Crippen LogP contribution in [0, 0.1) is 5.92 Å². The third-order valence-electron chi connectivity index (χ3n) is 5.85. The molecule has 1 aromatic heterocycles. The number of aromatic amines is 1. The molecule has 2 heterocycles. The summed E-state index contributed by atoms with van der Waals surface area (Å²) in [5.74, 6) is 0.460. The van der Waals surface area contributed by atoms with Gasteiger partial charge in [0.15, 0.2) is 0 Å². The third kappa shape index (κ3) is 2.70. The van der Waals surface area contributed by atoms with E-state index in [9.17, 15) is 9.90 Å². The van der Waals surface area contributed by atoms with Crippen molar-refractivity contribution in [3.63, 3.8) is 0 Å². The van der Waals surface area contributed by atoms with Crippen molar-refractivity contribution >= 4 is 11.6 Å². The minimum atomic E-state index is -0.0332.